The van der Waals surface area contributed by atoms with Gasteiger partial charge in [-0.15, -0.1) is 0 Å². The fourth-order valence-electron chi connectivity index (χ4n) is 2.83. The standard InChI is InChI=1S/C17H26N2O2/c1-12-4-6-19(7-5-12)11-16(20)18-10-15-8-13(2)17(21)14(3)9-15/h8-9,12,21H,4-7,10-11H2,1-3H3,(H,18,20). The molecule has 21 heavy (non-hydrogen) atoms. The molecule has 4 heteroatoms. The summed E-state index contributed by atoms with van der Waals surface area (Å²) in [4.78, 5) is 14.2. The van der Waals surface area contributed by atoms with Gasteiger partial charge in [-0.2, -0.15) is 0 Å². The molecule has 0 spiro atoms. The number of nitrogens with one attached hydrogen (secondary N) is 1. The lowest BCUT2D eigenvalue weighted by Gasteiger charge is -2.29. The molecule has 1 aliphatic heterocycles. The third-order valence-electron chi connectivity index (χ3n) is 4.28. The molecule has 2 N–H and O–H groups in total. The maximum Gasteiger partial charge on any atom is 0.234 e. The minimum absolute atomic E-state index is 0.0768. The molecule has 1 heterocycles. The average molecular weight is 290 g/mol. The number of benzene rings is 1. The average Bonchev–Trinajstić information content (AvgIpc) is 2.45. The zero-order valence-corrected chi connectivity index (χ0v) is 13.3. The maximum atomic E-state index is 12.0. The van der Waals surface area contributed by atoms with Crippen LogP contribution in [0.15, 0.2) is 12.1 Å². The predicted molar refractivity (Wildman–Crippen MR) is 84.3 cm³/mol. The summed E-state index contributed by atoms with van der Waals surface area (Å²) < 4.78 is 0. The van der Waals surface area contributed by atoms with Gasteiger partial charge < -0.3 is 10.4 Å². The van der Waals surface area contributed by atoms with E-state index in [1.54, 1.807) is 0 Å². The third-order valence-corrected chi connectivity index (χ3v) is 4.28. The number of carbonyl (C=O) groups excluding carboxylic acids is 1. The summed E-state index contributed by atoms with van der Waals surface area (Å²) in [5, 5.41) is 12.7. The highest BCUT2D eigenvalue weighted by Gasteiger charge is 2.17. The number of amides is 1. The molecule has 2 rings (SSSR count). The Kier molecular flexibility index (Phi) is 5.23. The van der Waals surface area contributed by atoms with Gasteiger partial charge >= 0.3 is 0 Å². The number of nitrogens with zero attached hydrogens (tertiary/aromatic N) is 1. The number of aromatic hydroxyl groups is 1. The van der Waals surface area contributed by atoms with Gasteiger partial charge in [-0.3, -0.25) is 9.69 Å². The van der Waals surface area contributed by atoms with Crippen molar-refractivity contribution in [3.8, 4) is 5.75 Å². The van der Waals surface area contributed by atoms with Crippen molar-refractivity contribution in [1.29, 1.82) is 0 Å². The number of phenolic OH excluding ortho intramolecular Hbond substituents is 1. The van der Waals surface area contributed by atoms with E-state index in [0.717, 1.165) is 35.7 Å². The van der Waals surface area contributed by atoms with E-state index in [9.17, 15) is 9.90 Å². The van der Waals surface area contributed by atoms with Gasteiger partial charge in [0.2, 0.25) is 5.91 Å². The number of hydrogen-bond acceptors (Lipinski definition) is 3. The Hall–Kier alpha value is -1.55. The van der Waals surface area contributed by atoms with Gasteiger partial charge in [-0.25, -0.2) is 0 Å². The van der Waals surface area contributed by atoms with Crippen LogP contribution in [0.5, 0.6) is 5.75 Å². The Bertz CT molecular complexity index is 483. The molecule has 1 aromatic rings. The molecular formula is C17H26N2O2. The minimum Gasteiger partial charge on any atom is -0.507 e. The molecule has 0 saturated carbocycles. The van der Waals surface area contributed by atoms with Gasteiger partial charge in [-0.1, -0.05) is 19.1 Å². The van der Waals surface area contributed by atoms with Crippen molar-refractivity contribution in [2.75, 3.05) is 19.6 Å². The van der Waals surface area contributed by atoms with Crippen molar-refractivity contribution in [2.24, 2.45) is 5.92 Å². The molecule has 0 aliphatic carbocycles. The smallest absolute Gasteiger partial charge is 0.234 e. The van der Waals surface area contributed by atoms with Crippen LogP contribution in [-0.2, 0) is 11.3 Å². The molecule has 1 saturated heterocycles. The van der Waals surface area contributed by atoms with Crippen molar-refractivity contribution in [2.45, 2.75) is 40.2 Å². The molecule has 1 aliphatic rings. The van der Waals surface area contributed by atoms with Crippen LogP contribution in [0.3, 0.4) is 0 Å². The van der Waals surface area contributed by atoms with Crippen molar-refractivity contribution in [3.05, 3.63) is 28.8 Å². The maximum absolute atomic E-state index is 12.0. The lowest BCUT2D eigenvalue weighted by atomic mass is 9.99. The van der Waals surface area contributed by atoms with E-state index >= 15 is 0 Å². The summed E-state index contributed by atoms with van der Waals surface area (Å²) in [7, 11) is 0. The van der Waals surface area contributed by atoms with Gasteiger partial charge in [0.05, 0.1) is 6.54 Å². The summed E-state index contributed by atoms with van der Waals surface area (Å²) >= 11 is 0. The zero-order valence-electron chi connectivity index (χ0n) is 13.3. The number of rotatable bonds is 4. The first-order valence-electron chi connectivity index (χ1n) is 7.74. The van der Waals surface area contributed by atoms with Gasteiger partial charge in [0.25, 0.3) is 0 Å². The Morgan fingerprint density at radius 1 is 1.29 bits per heavy atom. The molecule has 0 atom stereocenters. The van der Waals surface area contributed by atoms with E-state index in [2.05, 4.69) is 17.1 Å². The molecule has 0 unspecified atom stereocenters. The second-order valence-electron chi connectivity index (χ2n) is 6.31. The van der Waals surface area contributed by atoms with Gasteiger partial charge in [-0.05, 0) is 62.4 Å². The van der Waals surface area contributed by atoms with Gasteiger partial charge in [0, 0.05) is 6.54 Å². The van der Waals surface area contributed by atoms with E-state index in [1.807, 2.05) is 26.0 Å². The quantitative estimate of drug-likeness (QED) is 0.895. The van der Waals surface area contributed by atoms with E-state index in [-0.39, 0.29) is 5.91 Å². The van der Waals surface area contributed by atoms with Crippen LogP contribution in [0.4, 0.5) is 0 Å². The molecule has 0 radical (unpaired) electrons. The van der Waals surface area contributed by atoms with Crippen LogP contribution in [-0.4, -0.2) is 35.5 Å². The normalized spacial score (nSPS) is 16.9. The van der Waals surface area contributed by atoms with Crippen molar-refractivity contribution >= 4 is 5.91 Å². The zero-order chi connectivity index (χ0) is 15.4. The van der Waals surface area contributed by atoms with E-state index in [0.29, 0.717) is 18.8 Å². The lowest BCUT2D eigenvalue weighted by Crippen LogP contribution is -2.41. The van der Waals surface area contributed by atoms with E-state index in [1.165, 1.54) is 12.8 Å². The SMILES string of the molecule is Cc1cc(CNC(=O)CN2CCC(C)CC2)cc(C)c1O. The van der Waals surface area contributed by atoms with Crippen LogP contribution in [0, 0.1) is 19.8 Å². The highest BCUT2D eigenvalue weighted by Crippen LogP contribution is 2.22. The first-order valence-corrected chi connectivity index (χ1v) is 7.74. The fourth-order valence-corrected chi connectivity index (χ4v) is 2.83. The molecule has 0 bridgehead atoms. The highest BCUT2D eigenvalue weighted by atomic mass is 16.3. The number of aryl methyl sites for hydroxylation is 2. The third kappa shape index (κ3) is 4.46. The first-order chi connectivity index (χ1) is 9.95. The van der Waals surface area contributed by atoms with Crippen LogP contribution in [0.2, 0.25) is 0 Å². The van der Waals surface area contributed by atoms with Crippen LogP contribution >= 0.6 is 0 Å². The minimum atomic E-state index is 0.0768. The Balaban J connectivity index is 1.81. The molecule has 1 amide bonds. The van der Waals surface area contributed by atoms with Gasteiger partial charge in [0.15, 0.2) is 0 Å². The number of likely N-dealkylation sites (tertiary alicyclic amines) is 1. The summed E-state index contributed by atoms with van der Waals surface area (Å²) in [6.45, 7) is 9.07. The van der Waals surface area contributed by atoms with Crippen molar-refractivity contribution in [3.63, 3.8) is 0 Å². The van der Waals surface area contributed by atoms with Crippen LogP contribution < -0.4 is 5.32 Å². The van der Waals surface area contributed by atoms with Crippen LogP contribution in [0.1, 0.15) is 36.5 Å². The van der Waals surface area contributed by atoms with Crippen molar-refractivity contribution < 1.29 is 9.90 Å². The summed E-state index contributed by atoms with van der Waals surface area (Å²) in [5.41, 5.74) is 2.73. The number of carbonyl (C=O) groups is 1. The van der Waals surface area contributed by atoms with Crippen molar-refractivity contribution in [1.82, 2.24) is 10.2 Å². The number of phenols is 1. The second-order valence-corrected chi connectivity index (χ2v) is 6.31. The first kappa shape index (κ1) is 15.8. The van der Waals surface area contributed by atoms with Gasteiger partial charge in [0.1, 0.15) is 5.75 Å². The lowest BCUT2D eigenvalue weighted by molar-refractivity contribution is -0.122. The Labute approximate surface area is 127 Å². The monoisotopic (exact) mass is 290 g/mol. The topological polar surface area (TPSA) is 52.6 Å². The number of piperidine rings is 1. The predicted octanol–water partition coefficient (Wildman–Crippen LogP) is 2.36. The van der Waals surface area contributed by atoms with Crippen LogP contribution in [0.25, 0.3) is 0 Å². The number of hydrogen-bond donors (Lipinski definition) is 2. The molecule has 0 aromatic heterocycles. The highest BCUT2D eigenvalue weighted by molar-refractivity contribution is 5.78. The largest absolute Gasteiger partial charge is 0.507 e. The van der Waals surface area contributed by atoms with E-state index < -0.39 is 0 Å². The van der Waals surface area contributed by atoms with E-state index in [4.69, 9.17) is 0 Å². The molecule has 116 valence electrons. The summed E-state index contributed by atoms with van der Waals surface area (Å²) in [6, 6.07) is 3.84. The molecular weight excluding hydrogens is 264 g/mol. The molecule has 1 aromatic carbocycles. The fraction of sp³-hybridized carbons (Fsp3) is 0.588. The molecule has 1 fully saturated rings. The molecule has 4 nitrogen and oxygen atoms in total. The summed E-state index contributed by atoms with van der Waals surface area (Å²) in [6.07, 6.45) is 2.37. The Morgan fingerprint density at radius 3 is 2.43 bits per heavy atom. The Morgan fingerprint density at radius 2 is 1.86 bits per heavy atom. The summed E-state index contributed by atoms with van der Waals surface area (Å²) in [5.74, 6) is 1.20. The second kappa shape index (κ2) is 6.94.